The van der Waals surface area contributed by atoms with Gasteiger partial charge in [-0.05, 0) is 55.6 Å². The number of aromatic nitrogens is 1. The van der Waals surface area contributed by atoms with Gasteiger partial charge < -0.3 is 14.8 Å². The molecule has 1 aromatic heterocycles. The Hall–Kier alpha value is -2.83. The number of para-hydroxylation sites is 2. The lowest BCUT2D eigenvalue weighted by molar-refractivity contribution is 0.484. The van der Waals surface area contributed by atoms with Crippen LogP contribution in [0.2, 0.25) is 5.02 Å². The van der Waals surface area contributed by atoms with Crippen LogP contribution in [0.15, 0.2) is 70.6 Å². The summed E-state index contributed by atoms with van der Waals surface area (Å²) in [5.41, 5.74) is 2.80. The summed E-state index contributed by atoms with van der Waals surface area (Å²) in [4.78, 5) is 10.3. The van der Waals surface area contributed by atoms with E-state index in [1.54, 1.807) is 0 Å². The van der Waals surface area contributed by atoms with Crippen molar-refractivity contribution in [3.05, 3.63) is 77.1 Å². The summed E-state index contributed by atoms with van der Waals surface area (Å²) in [6.07, 6.45) is 0. The number of hydrogen-bond donors (Lipinski definition) is 2. The molecule has 1 aliphatic rings. The van der Waals surface area contributed by atoms with E-state index in [-0.39, 0.29) is 10.7 Å². The molecule has 2 aromatic carbocycles. The first-order chi connectivity index (χ1) is 14.1. The van der Waals surface area contributed by atoms with Crippen molar-refractivity contribution in [1.82, 2.24) is 9.71 Å². The molecule has 0 bridgehead atoms. The van der Waals surface area contributed by atoms with Crippen molar-refractivity contribution in [2.75, 3.05) is 5.32 Å². The van der Waals surface area contributed by atoms with Gasteiger partial charge in [-0.3, -0.25) is 4.98 Å². The highest BCUT2D eigenvalue weighted by molar-refractivity contribution is 8.14. The third kappa shape index (κ3) is 4.44. The molecule has 0 saturated carbocycles. The first-order valence-corrected chi connectivity index (χ1v) is 10.9. The third-order valence-electron chi connectivity index (χ3n) is 4.31. The van der Waals surface area contributed by atoms with Crippen molar-refractivity contribution in [2.45, 2.75) is 25.3 Å². The number of nitrogens with one attached hydrogen (secondary N) is 2. The summed E-state index contributed by atoms with van der Waals surface area (Å²) in [5.74, 6) is 2.01. The quantitative estimate of drug-likeness (QED) is 0.522. The Bertz CT molecular complexity index is 1110. The van der Waals surface area contributed by atoms with Crippen LogP contribution in [-0.2, 0) is 6.54 Å². The Labute approximate surface area is 177 Å². The molecular weight excluding hydrogens is 404 g/mol. The number of benzene rings is 2. The monoisotopic (exact) mass is 424 g/mol. The molecule has 3 aromatic rings. The van der Waals surface area contributed by atoms with E-state index in [4.69, 9.17) is 21.3 Å². The smallest absolute Gasteiger partial charge is 0.206 e. The number of halogens is 1. The van der Waals surface area contributed by atoms with Crippen molar-refractivity contribution in [3.63, 3.8) is 0 Å². The van der Waals surface area contributed by atoms with Crippen LogP contribution in [0.4, 0.5) is 5.69 Å². The molecule has 2 heterocycles. The van der Waals surface area contributed by atoms with Crippen molar-refractivity contribution in [1.29, 1.82) is 0 Å². The van der Waals surface area contributed by atoms with E-state index < -0.39 is 0 Å². The van der Waals surface area contributed by atoms with Gasteiger partial charge in [-0.25, -0.2) is 4.99 Å². The molecule has 1 unspecified atom stereocenters. The van der Waals surface area contributed by atoms with Crippen molar-refractivity contribution in [2.24, 2.45) is 4.99 Å². The van der Waals surface area contributed by atoms with Crippen molar-refractivity contribution < 1.29 is 4.74 Å². The minimum Gasteiger partial charge on any atom is -0.454 e. The molecule has 148 valence electrons. The highest BCUT2D eigenvalue weighted by atomic mass is 35.5. The predicted octanol–water partition coefficient (Wildman–Crippen LogP) is 5.77. The Kier molecular flexibility index (Phi) is 5.83. The summed E-state index contributed by atoms with van der Waals surface area (Å²) < 4.78 is 9.58. The van der Waals surface area contributed by atoms with E-state index in [1.165, 1.54) is 0 Å². The maximum atomic E-state index is 6.28. The van der Waals surface area contributed by atoms with Gasteiger partial charge in [0.25, 0.3) is 0 Å². The largest absolute Gasteiger partial charge is 0.454 e. The highest BCUT2D eigenvalue weighted by Gasteiger charge is 2.21. The summed E-state index contributed by atoms with van der Waals surface area (Å²) in [7, 11) is -0.294. The summed E-state index contributed by atoms with van der Waals surface area (Å²) in [6, 6.07) is 19.4. The van der Waals surface area contributed by atoms with Crippen LogP contribution >= 0.6 is 22.3 Å². The molecule has 5 nitrogen and oxygen atoms in total. The zero-order valence-electron chi connectivity index (χ0n) is 16.1. The van der Waals surface area contributed by atoms with Crippen LogP contribution < -0.4 is 14.8 Å². The highest BCUT2D eigenvalue weighted by Crippen LogP contribution is 2.42. The number of ether oxygens (including phenoxy) is 1. The summed E-state index contributed by atoms with van der Waals surface area (Å²) in [6.45, 7) is 4.50. The van der Waals surface area contributed by atoms with Gasteiger partial charge in [0.05, 0.1) is 22.9 Å². The lowest BCUT2D eigenvalue weighted by Gasteiger charge is -2.26. The molecule has 0 spiro atoms. The molecule has 0 saturated heterocycles. The second-order valence-electron chi connectivity index (χ2n) is 6.40. The van der Waals surface area contributed by atoms with Gasteiger partial charge in [0.15, 0.2) is 5.75 Å². The van der Waals surface area contributed by atoms with Gasteiger partial charge in [-0.1, -0.05) is 46.5 Å². The number of aryl methyl sites for hydroxylation is 1. The molecule has 0 amide bonds. The van der Waals surface area contributed by atoms with E-state index in [2.05, 4.69) is 26.5 Å². The zero-order chi connectivity index (χ0) is 20.2. The van der Waals surface area contributed by atoms with Gasteiger partial charge in [-0.15, -0.1) is 0 Å². The second kappa shape index (κ2) is 8.68. The van der Waals surface area contributed by atoms with Gasteiger partial charge in [0.2, 0.25) is 5.96 Å². The average molecular weight is 425 g/mol. The molecule has 0 aliphatic carbocycles. The van der Waals surface area contributed by atoms with E-state index in [0.29, 0.717) is 29.0 Å². The lowest BCUT2D eigenvalue weighted by atomic mass is 10.2. The van der Waals surface area contributed by atoms with Crippen LogP contribution in [0.5, 0.6) is 11.5 Å². The number of anilines is 1. The fourth-order valence-electron chi connectivity index (χ4n) is 2.96. The normalized spacial score (nSPS) is 16.8. The maximum absolute atomic E-state index is 6.28. The molecular formula is C22H21ClN4OS. The topological polar surface area (TPSA) is 58.5 Å². The average Bonchev–Trinajstić information content (AvgIpc) is 2.73. The number of nitrogens with zero attached hydrogens (tertiary/aromatic N) is 2. The summed E-state index contributed by atoms with van der Waals surface area (Å²) >= 11 is 6.28. The van der Waals surface area contributed by atoms with E-state index in [0.717, 1.165) is 22.0 Å². The standard InChI is InChI=1S/C22H21ClN4OS/c1-3-29-20-13-7-12-19(28-18-11-5-4-10-17(18)23)21(20)26-22(27-29)24-14-16-9-6-8-15(2)25-16/h3-13H,14H2,1-2H3,(H2,24,26,27). The van der Waals surface area contributed by atoms with Crippen molar-refractivity contribution in [3.8, 4) is 11.5 Å². The van der Waals surface area contributed by atoms with E-state index in [9.17, 15) is 0 Å². The number of rotatable bonds is 4. The number of pyridine rings is 1. The van der Waals surface area contributed by atoms with Gasteiger partial charge in [0.1, 0.15) is 5.75 Å². The first kappa shape index (κ1) is 19.5. The number of hydrogen-bond acceptors (Lipinski definition) is 3. The molecule has 0 fully saturated rings. The zero-order valence-corrected chi connectivity index (χ0v) is 17.7. The SMILES string of the molecule is C/C=S1/NC(=NCc2cccc(C)n2)Nc2c(Oc3ccccc3Cl)cccc21. The third-order valence-corrected chi connectivity index (χ3v) is 6.32. The molecule has 7 heteroatoms. The molecule has 1 aliphatic heterocycles. The van der Waals surface area contributed by atoms with Crippen LogP contribution in [0.25, 0.3) is 0 Å². The van der Waals surface area contributed by atoms with Crippen LogP contribution in [-0.4, -0.2) is 16.3 Å². The van der Waals surface area contributed by atoms with E-state index >= 15 is 0 Å². The predicted molar refractivity (Wildman–Crippen MR) is 122 cm³/mol. The van der Waals surface area contributed by atoms with Gasteiger partial charge in [0, 0.05) is 10.6 Å². The molecule has 1 atom stereocenters. The van der Waals surface area contributed by atoms with Crippen LogP contribution in [0.3, 0.4) is 0 Å². The second-order valence-corrected chi connectivity index (χ2v) is 8.60. The Morgan fingerprint density at radius 3 is 2.66 bits per heavy atom. The fraction of sp³-hybridized carbons (Fsp3) is 0.136. The lowest BCUT2D eigenvalue weighted by Crippen LogP contribution is -2.31. The van der Waals surface area contributed by atoms with Crippen LogP contribution in [0, 0.1) is 6.92 Å². The number of fused-ring (bicyclic) bond motifs is 1. The molecule has 4 rings (SSSR count). The maximum Gasteiger partial charge on any atom is 0.206 e. The van der Waals surface area contributed by atoms with E-state index in [1.807, 2.05) is 68.4 Å². The number of guanidine groups is 1. The van der Waals surface area contributed by atoms with Gasteiger partial charge >= 0.3 is 0 Å². The number of aliphatic imine (C=N–C) groups is 1. The van der Waals surface area contributed by atoms with Crippen molar-refractivity contribution >= 4 is 39.3 Å². The minimum absolute atomic E-state index is 0.294. The Balaban J connectivity index is 1.66. The molecule has 29 heavy (non-hydrogen) atoms. The van der Waals surface area contributed by atoms with Crippen LogP contribution in [0.1, 0.15) is 18.3 Å². The van der Waals surface area contributed by atoms with Gasteiger partial charge in [-0.2, -0.15) is 0 Å². The Morgan fingerprint density at radius 2 is 1.86 bits per heavy atom. The minimum atomic E-state index is -0.294. The fourth-order valence-corrected chi connectivity index (χ4v) is 4.53. The summed E-state index contributed by atoms with van der Waals surface area (Å²) in [5, 5.41) is 6.08. The molecule has 2 N–H and O–H groups in total. The molecule has 0 radical (unpaired) electrons. The Morgan fingerprint density at radius 1 is 1.07 bits per heavy atom. The first-order valence-electron chi connectivity index (χ1n) is 9.22.